The monoisotopic (exact) mass is 838 g/mol. The van der Waals surface area contributed by atoms with E-state index in [4.69, 9.17) is 19.9 Å². The maximum Gasteiger partial charge on any atom is 0.334 e. The molecule has 5 heterocycles. The number of rotatable bonds is 6. The Morgan fingerprint density at radius 1 is 1.16 bits per heavy atom. The van der Waals surface area contributed by atoms with E-state index >= 15 is 0 Å². The molecule has 2 bridgehead atoms. The van der Waals surface area contributed by atoms with E-state index in [-0.39, 0.29) is 119 Å². The number of hydrogen-bond donors (Lipinski definition) is 4. The third kappa shape index (κ3) is 6.68. The predicted octanol–water partition coefficient (Wildman–Crippen LogP) is 4.07. The predicted molar refractivity (Wildman–Crippen MR) is 222 cm³/mol. The van der Waals surface area contributed by atoms with Crippen LogP contribution in [-0.2, 0) is 33.4 Å². The lowest BCUT2D eigenvalue weighted by atomic mass is 9.56. The van der Waals surface area contributed by atoms with Crippen molar-refractivity contribution in [2.75, 3.05) is 26.0 Å². The third-order valence-corrected chi connectivity index (χ3v) is 19.0. The van der Waals surface area contributed by atoms with Gasteiger partial charge in [-0.05, 0) is 103 Å². The van der Waals surface area contributed by atoms with Gasteiger partial charge in [-0.1, -0.05) is 45.4 Å². The number of nitrogens with two attached hydrogens (primary N) is 1. The summed E-state index contributed by atoms with van der Waals surface area (Å²) in [6.45, 7) is 6.33. The van der Waals surface area contributed by atoms with Crippen molar-refractivity contribution in [2.24, 2.45) is 53.1 Å². The molecule has 5 N–H and O–H groups in total. The van der Waals surface area contributed by atoms with Gasteiger partial charge >= 0.3 is 11.9 Å². The molecule has 1 amide bonds. The van der Waals surface area contributed by atoms with Crippen LogP contribution in [0.1, 0.15) is 85.0 Å². The van der Waals surface area contributed by atoms with Crippen molar-refractivity contribution >= 4 is 45.2 Å². The van der Waals surface area contributed by atoms with E-state index in [2.05, 4.69) is 28.5 Å². The van der Waals surface area contributed by atoms with Gasteiger partial charge in [-0.2, -0.15) is 0 Å². The van der Waals surface area contributed by atoms with Crippen molar-refractivity contribution in [3.63, 3.8) is 0 Å². The summed E-state index contributed by atoms with van der Waals surface area (Å²) in [6, 6.07) is -0.0241. The number of aliphatic hydroxyl groups excluding tert-OH is 1. The Hall–Kier alpha value is -2.20. The van der Waals surface area contributed by atoms with Crippen LogP contribution >= 0.6 is 21.6 Å². The normalized spacial score (nSPS) is 47.2. The number of ketones is 1. The second-order valence-corrected chi connectivity index (χ2v) is 21.7. The number of aliphatic hydroxyl groups is 1. The zero-order chi connectivity index (χ0) is 40.7. The second-order valence-electron chi connectivity index (χ2n) is 19.1. The first-order chi connectivity index (χ1) is 27.9. The van der Waals surface area contributed by atoms with Gasteiger partial charge in [0.15, 0.2) is 5.78 Å². The number of piperidine rings is 1. The largest absolute Gasteiger partial charge is 0.462 e. The molecule has 318 valence electrons. The van der Waals surface area contributed by atoms with E-state index in [1.165, 1.54) is 5.57 Å². The van der Waals surface area contributed by atoms with Gasteiger partial charge in [-0.25, -0.2) is 4.79 Å². The van der Waals surface area contributed by atoms with E-state index in [0.717, 1.165) is 25.0 Å². The Balaban J connectivity index is 1.10. The van der Waals surface area contributed by atoms with Crippen LogP contribution < -0.4 is 16.4 Å². The first-order valence-electron chi connectivity index (χ1n) is 21.9. The van der Waals surface area contributed by atoms with E-state index in [1.54, 1.807) is 19.1 Å². The van der Waals surface area contributed by atoms with Crippen molar-refractivity contribution in [1.82, 2.24) is 15.5 Å². The summed E-state index contributed by atoms with van der Waals surface area (Å²) < 4.78 is 20.5. The lowest BCUT2D eigenvalue weighted by Gasteiger charge is -2.62. The van der Waals surface area contributed by atoms with Gasteiger partial charge in [0.2, 0.25) is 5.91 Å². The van der Waals surface area contributed by atoms with Crippen molar-refractivity contribution in [3.05, 3.63) is 35.5 Å². The van der Waals surface area contributed by atoms with Crippen molar-refractivity contribution in [1.29, 1.82) is 0 Å². The van der Waals surface area contributed by atoms with Crippen molar-refractivity contribution < 1.29 is 38.5 Å². The van der Waals surface area contributed by atoms with Crippen LogP contribution in [0.2, 0.25) is 0 Å². The van der Waals surface area contributed by atoms with Crippen LogP contribution in [0.15, 0.2) is 35.5 Å². The van der Waals surface area contributed by atoms with Crippen molar-refractivity contribution in [2.45, 2.75) is 138 Å². The minimum absolute atomic E-state index is 0.0390. The molecular weight excluding hydrogens is 777 g/mol. The summed E-state index contributed by atoms with van der Waals surface area (Å²) in [5.41, 5.74) is 6.69. The van der Waals surface area contributed by atoms with Gasteiger partial charge in [0.05, 0.1) is 30.3 Å². The number of esters is 2. The number of nitrogens with zero attached hydrogens (tertiary/aromatic N) is 1. The van der Waals surface area contributed by atoms with Gasteiger partial charge in [0.1, 0.15) is 17.3 Å². The summed E-state index contributed by atoms with van der Waals surface area (Å²) in [4.78, 5) is 57.6. The van der Waals surface area contributed by atoms with Gasteiger partial charge in [0.25, 0.3) is 0 Å². The quantitative estimate of drug-likeness (QED) is 0.131. The number of amides is 1. The van der Waals surface area contributed by atoms with Crippen LogP contribution in [-0.4, -0.2) is 113 Å². The van der Waals surface area contributed by atoms with Crippen LogP contribution in [0.3, 0.4) is 0 Å². The molecule has 12 nitrogen and oxygen atoms in total. The Morgan fingerprint density at radius 3 is 2.76 bits per heavy atom. The molecule has 17 atom stereocenters. The molecular formula is C44H62N4O8S2. The maximum atomic E-state index is 14.9. The highest BCUT2D eigenvalue weighted by Gasteiger charge is 2.69. The fourth-order valence-electron chi connectivity index (χ4n) is 13.3. The smallest absolute Gasteiger partial charge is 0.334 e. The van der Waals surface area contributed by atoms with E-state index in [1.807, 2.05) is 41.6 Å². The molecule has 5 saturated heterocycles. The minimum Gasteiger partial charge on any atom is -0.462 e. The fourth-order valence-corrected chi connectivity index (χ4v) is 16.4. The lowest BCUT2D eigenvalue weighted by molar-refractivity contribution is -0.229. The first kappa shape index (κ1) is 41.2. The Kier molecular flexibility index (Phi) is 11.3. The van der Waals surface area contributed by atoms with Crippen LogP contribution in [0.4, 0.5) is 0 Å². The molecule has 58 heavy (non-hydrogen) atoms. The molecule has 0 aromatic carbocycles. The van der Waals surface area contributed by atoms with Crippen LogP contribution in [0.25, 0.3) is 0 Å². The SMILES string of the molecule is CC=C(C)C(=O)O[C@@]1(C)CC=C2CSS[C@@H]3C[C@H]4C(=O)C=C[C@H]5[C@H]([C@H]4NC)[C@@H]3N5C(=O)CC3CNC(N)CC3[C@@H]2[C@@]12CC1CC3CC(CCCO)C(=O)OC3CC1O2. The molecule has 0 aromatic heterocycles. The Bertz CT molecular complexity index is 1770. The highest BCUT2D eigenvalue weighted by Crippen LogP contribution is 2.63. The highest BCUT2D eigenvalue weighted by atomic mass is 33.1. The van der Waals surface area contributed by atoms with E-state index in [9.17, 15) is 24.3 Å². The lowest BCUT2D eigenvalue weighted by Crippen LogP contribution is -2.76. The Labute approximate surface area is 350 Å². The Morgan fingerprint density at radius 2 is 1.98 bits per heavy atom. The molecule has 0 aromatic rings. The zero-order valence-electron chi connectivity index (χ0n) is 34.3. The number of nitrogens with one attached hydrogen (secondary N) is 2. The number of carbonyl (C=O) groups excluding carboxylic acids is 4. The van der Waals surface area contributed by atoms with Crippen molar-refractivity contribution in [3.8, 4) is 0 Å². The molecule has 2 saturated carbocycles. The molecule has 5 aliphatic heterocycles. The molecule has 7 fully saturated rings. The van der Waals surface area contributed by atoms with Crippen LogP contribution in [0.5, 0.6) is 0 Å². The number of hydrogen-bond acceptors (Lipinski definition) is 13. The summed E-state index contributed by atoms with van der Waals surface area (Å²) in [5, 5.41) is 16.7. The molecule has 9 rings (SSSR count). The summed E-state index contributed by atoms with van der Waals surface area (Å²) >= 11 is 0. The third-order valence-electron chi connectivity index (χ3n) is 16.2. The summed E-state index contributed by atoms with van der Waals surface area (Å²) in [6.07, 6.45) is 13.4. The minimum atomic E-state index is -1.02. The molecule has 14 heteroatoms. The number of carbonyl (C=O) groups is 4. The summed E-state index contributed by atoms with van der Waals surface area (Å²) in [7, 11) is 5.61. The number of fused-ring (bicyclic) bond motifs is 8. The fraction of sp³-hybridized carbons (Fsp3) is 0.773. The summed E-state index contributed by atoms with van der Waals surface area (Å²) in [5.74, 6) is 0.435. The molecule has 4 aliphatic carbocycles. The van der Waals surface area contributed by atoms with E-state index in [0.29, 0.717) is 57.1 Å². The molecule has 9 aliphatic rings. The topological polar surface area (TPSA) is 170 Å². The van der Waals surface area contributed by atoms with Gasteiger partial charge < -0.3 is 40.6 Å². The second kappa shape index (κ2) is 15.9. The number of allylic oxidation sites excluding steroid dienone is 2. The van der Waals surface area contributed by atoms with Gasteiger partial charge in [0, 0.05) is 72.8 Å². The van der Waals surface area contributed by atoms with Crippen LogP contribution in [0, 0.1) is 47.3 Å². The van der Waals surface area contributed by atoms with Gasteiger partial charge in [-0.3, -0.25) is 14.4 Å². The molecule has 0 radical (unpaired) electrons. The maximum absolute atomic E-state index is 14.9. The van der Waals surface area contributed by atoms with E-state index < -0.39 is 11.2 Å². The first-order valence-corrected chi connectivity index (χ1v) is 24.3. The number of ether oxygens (including phenoxy) is 3. The standard InChI is InChI=1S/C44H62N4O8S2/c1-5-22(2)41(52)56-43(3)11-10-24-21-57-58-34-16-29-31(50)9-8-30-37(39(29)46-4)40(34)48(30)36(51)15-27-20-47-35(45)17-28(27)38(24)44(43)19-26-14-25-13-23(7-6-12-49)42(53)54-32(25)18-33(26)55-44/h5,8-10,23,25-30,32-35,37-40,46-47,49H,6-7,11-21,45H2,1-4H3/t23?,25?,26?,27?,28?,29-,30-,32?,33?,34+,35?,37+,38+,39-,40+,43-,44-/m0/s1. The zero-order valence-corrected chi connectivity index (χ0v) is 35.9. The average Bonchev–Trinajstić information content (AvgIpc) is 3.56. The highest BCUT2D eigenvalue weighted by molar-refractivity contribution is 8.77. The van der Waals surface area contributed by atoms with Gasteiger partial charge in [-0.15, -0.1) is 0 Å². The molecule has 8 unspecified atom stereocenters. The molecule has 1 spiro atoms. The average molecular weight is 839 g/mol.